The number of benzene rings is 2. The summed E-state index contributed by atoms with van der Waals surface area (Å²) >= 11 is 0. The van der Waals surface area contributed by atoms with Crippen LogP contribution in [0, 0.1) is 10.1 Å². The molecule has 0 spiro atoms. The second kappa shape index (κ2) is 14.8. The minimum atomic E-state index is -1.12. The Hall–Kier alpha value is -4.16. The van der Waals surface area contributed by atoms with E-state index < -0.39 is 23.0 Å². The molecule has 2 atom stereocenters. The molecule has 0 radical (unpaired) electrons. The number of hydrogen-bond donors (Lipinski definition) is 3. The van der Waals surface area contributed by atoms with E-state index in [1.165, 1.54) is 23.0 Å². The van der Waals surface area contributed by atoms with Crippen LogP contribution in [0.4, 0.5) is 5.69 Å². The van der Waals surface area contributed by atoms with Gasteiger partial charge in [-0.05, 0) is 30.9 Å². The van der Waals surface area contributed by atoms with Gasteiger partial charge in [-0.15, -0.1) is 5.10 Å². The van der Waals surface area contributed by atoms with Gasteiger partial charge < -0.3 is 20.4 Å². The van der Waals surface area contributed by atoms with Gasteiger partial charge in [-0.2, -0.15) is 0 Å². The Morgan fingerprint density at radius 2 is 1.82 bits per heavy atom. The van der Waals surface area contributed by atoms with Crippen molar-refractivity contribution in [2.24, 2.45) is 0 Å². The van der Waals surface area contributed by atoms with Crippen LogP contribution in [-0.4, -0.2) is 72.1 Å². The van der Waals surface area contributed by atoms with Crippen LogP contribution in [0.3, 0.4) is 0 Å². The minimum Gasteiger partial charge on any atom is -0.390 e. The number of nitrogens with zero attached hydrogens (tertiary/aromatic N) is 5. The number of nitrogens with one attached hydrogen (secondary N) is 1. The highest BCUT2D eigenvalue weighted by Crippen LogP contribution is 2.20. The van der Waals surface area contributed by atoms with Gasteiger partial charge in [0.1, 0.15) is 5.69 Å². The van der Waals surface area contributed by atoms with Gasteiger partial charge in [0.2, 0.25) is 0 Å². The molecule has 0 aliphatic carbocycles. The lowest BCUT2D eigenvalue weighted by atomic mass is 10.00. The quantitative estimate of drug-likeness (QED) is 0.191. The monoisotopic (exact) mass is 552 g/mol. The number of nitro groups is 1. The average molecular weight is 553 g/mol. The van der Waals surface area contributed by atoms with Crippen LogP contribution in [0.5, 0.6) is 0 Å². The SMILES string of the molecule is CCCCN(CCC)C(=O)c1cc(C(=O)N[C@@H](Cc2ccccc2)[C@@H](O)Cn2cc(CO)nn2)cc([N+](=O)[O-])c1. The lowest BCUT2D eigenvalue weighted by Crippen LogP contribution is -2.46. The lowest BCUT2D eigenvalue weighted by molar-refractivity contribution is -0.384. The first-order chi connectivity index (χ1) is 19.2. The van der Waals surface area contributed by atoms with Gasteiger partial charge in [-0.25, -0.2) is 4.68 Å². The van der Waals surface area contributed by atoms with Gasteiger partial charge in [0, 0.05) is 36.3 Å². The standard InChI is InChI=1S/C28H36N6O6/c1-3-5-12-32(11-4-2)28(38)22-14-21(15-24(16-22)34(39)40)27(37)29-25(13-20-9-7-6-8-10-20)26(36)18-33-17-23(19-35)30-31-33/h6-10,14-17,25-26,35-36H,3-5,11-13,18-19H2,1-2H3,(H,29,37)/t25-,26-/m0/s1. The molecule has 3 N–H and O–H groups in total. The second-order valence-corrected chi connectivity index (χ2v) is 9.60. The fourth-order valence-corrected chi connectivity index (χ4v) is 4.31. The Labute approximate surface area is 232 Å². The number of aliphatic hydroxyl groups is 2. The largest absolute Gasteiger partial charge is 0.390 e. The lowest BCUT2D eigenvalue weighted by Gasteiger charge is -2.25. The van der Waals surface area contributed by atoms with E-state index in [2.05, 4.69) is 15.6 Å². The molecule has 0 bridgehead atoms. The molecule has 3 aromatic rings. The molecule has 2 aromatic carbocycles. The predicted molar refractivity (Wildman–Crippen MR) is 148 cm³/mol. The van der Waals surface area contributed by atoms with Crippen molar-refractivity contribution in [2.45, 2.75) is 64.8 Å². The summed E-state index contributed by atoms with van der Waals surface area (Å²) in [6.45, 7) is 4.64. The molecule has 0 saturated heterocycles. The summed E-state index contributed by atoms with van der Waals surface area (Å²) in [7, 11) is 0. The number of non-ortho nitro benzene ring substituents is 1. The number of nitro benzene ring substituents is 1. The topological polar surface area (TPSA) is 164 Å². The van der Waals surface area contributed by atoms with Gasteiger partial charge >= 0.3 is 0 Å². The zero-order valence-electron chi connectivity index (χ0n) is 22.8. The molecule has 1 aromatic heterocycles. The Kier molecular flexibility index (Phi) is 11.3. The second-order valence-electron chi connectivity index (χ2n) is 9.60. The van der Waals surface area contributed by atoms with E-state index in [0.717, 1.165) is 30.9 Å². The van der Waals surface area contributed by atoms with Crippen LogP contribution in [0.2, 0.25) is 0 Å². The fourth-order valence-electron chi connectivity index (χ4n) is 4.31. The molecule has 2 amide bonds. The molecule has 12 nitrogen and oxygen atoms in total. The molecule has 12 heteroatoms. The third-order valence-electron chi connectivity index (χ3n) is 6.40. The number of aliphatic hydroxyl groups excluding tert-OH is 2. The first kappa shape index (κ1) is 30.4. The van der Waals surface area contributed by atoms with E-state index in [1.54, 1.807) is 4.90 Å². The number of aromatic nitrogens is 3. The van der Waals surface area contributed by atoms with Crippen LogP contribution in [0.15, 0.2) is 54.7 Å². The smallest absolute Gasteiger partial charge is 0.271 e. The van der Waals surface area contributed by atoms with Crippen molar-refractivity contribution in [1.29, 1.82) is 0 Å². The molecular weight excluding hydrogens is 516 g/mol. The first-order valence-corrected chi connectivity index (χ1v) is 13.4. The van der Waals surface area contributed by atoms with Crippen molar-refractivity contribution in [3.63, 3.8) is 0 Å². The predicted octanol–water partition coefficient (Wildman–Crippen LogP) is 2.73. The van der Waals surface area contributed by atoms with Crippen LogP contribution in [0.25, 0.3) is 0 Å². The summed E-state index contributed by atoms with van der Waals surface area (Å²) in [5, 5.41) is 42.5. The van der Waals surface area contributed by atoms with E-state index in [-0.39, 0.29) is 42.3 Å². The average Bonchev–Trinajstić information content (AvgIpc) is 3.42. The molecular formula is C28H36N6O6. The van der Waals surface area contributed by atoms with Crippen LogP contribution >= 0.6 is 0 Å². The Morgan fingerprint density at radius 1 is 1.10 bits per heavy atom. The molecule has 1 heterocycles. The van der Waals surface area contributed by atoms with Crippen molar-refractivity contribution in [3.05, 3.63) is 87.2 Å². The number of amides is 2. The number of unbranched alkanes of at least 4 members (excludes halogenated alkanes) is 1. The normalized spacial score (nSPS) is 12.5. The minimum absolute atomic E-state index is 0.0210. The van der Waals surface area contributed by atoms with E-state index in [9.17, 15) is 29.9 Å². The highest BCUT2D eigenvalue weighted by atomic mass is 16.6. The van der Waals surface area contributed by atoms with Crippen molar-refractivity contribution in [3.8, 4) is 0 Å². The number of carbonyl (C=O) groups is 2. The fraction of sp³-hybridized carbons (Fsp3) is 0.429. The molecule has 0 saturated carbocycles. The van der Waals surface area contributed by atoms with E-state index in [1.807, 2.05) is 44.2 Å². The van der Waals surface area contributed by atoms with Crippen molar-refractivity contribution in [1.82, 2.24) is 25.2 Å². The summed E-state index contributed by atoms with van der Waals surface area (Å²) in [6, 6.07) is 12.1. The van der Waals surface area contributed by atoms with Gasteiger partial charge in [-0.1, -0.05) is 55.8 Å². The molecule has 214 valence electrons. The van der Waals surface area contributed by atoms with E-state index in [0.29, 0.717) is 18.8 Å². The van der Waals surface area contributed by atoms with Gasteiger partial charge in [0.25, 0.3) is 17.5 Å². The molecule has 0 fully saturated rings. The van der Waals surface area contributed by atoms with Crippen molar-refractivity contribution in [2.75, 3.05) is 13.1 Å². The number of hydrogen-bond acceptors (Lipinski definition) is 8. The maximum Gasteiger partial charge on any atom is 0.271 e. The molecule has 0 aliphatic rings. The van der Waals surface area contributed by atoms with Gasteiger partial charge in [-0.3, -0.25) is 19.7 Å². The molecule has 0 aliphatic heterocycles. The number of carbonyl (C=O) groups excluding carboxylic acids is 2. The molecule has 3 rings (SSSR count). The summed E-state index contributed by atoms with van der Waals surface area (Å²) < 4.78 is 1.36. The van der Waals surface area contributed by atoms with Crippen LogP contribution in [-0.2, 0) is 19.6 Å². The Bertz CT molecular complexity index is 1280. The highest BCUT2D eigenvalue weighted by molar-refractivity contribution is 6.00. The van der Waals surface area contributed by atoms with E-state index >= 15 is 0 Å². The van der Waals surface area contributed by atoms with Gasteiger partial charge in [0.05, 0.1) is 36.4 Å². The van der Waals surface area contributed by atoms with Crippen LogP contribution in [0.1, 0.15) is 65.1 Å². The van der Waals surface area contributed by atoms with Gasteiger partial charge in [0.15, 0.2) is 0 Å². The summed E-state index contributed by atoms with van der Waals surface area (Å²) in [5.74, 6) is -1.04. The summed E-state index contributed by atoms with van der Waals surface area (Å²) in [4.78, 5) is 39.4. The van der Waals surface area contributed by atoms with Crippen molar-refractivity contribution < 1.29 is 24.7 Å². The molecule has 40 heavy (non-hydrogen) atoms. The Balaban J connectivity index is 1.89. The third-order valence-corrected chi connectivity index (χ3v) is 6.40. The highest BCUT2D eigenvalue weighted by Gasteiger charge is 2.26. The molecule has 0 unspecified atom stereocenters. The summed E-state index contributed by atoms with van der Waals surface area (Å²) in [5.41, 5.74) is 0.812. The number of rotatable bonds is 15. The van der Waals surface area contributed by atoms with Crippen LogP contribution < -0.4 is 5.32 Å². The maximum absolute atomic E-state index is 13.4. The first-order valence-electron chi connectivity index (χ1n) is 13.4. The zero-order valence-corrected chi connectivity index (χ0v) is 22.8. The maximum atomic E-state index is 13.4. The zero-order chi connectivity index (χ0) is 29.1. The third kappa shape index (κ3) is 8.42. The van der Waals surface area contributed by atoms with Crippen molar-refractivity contribution >= 4 is 17.5 Å². The van der Waals surface area contributed by atoms with E-state index in [4.69, 9.17) is 0 Å². The summed E-state index contributed by atoms with van der Waals surface area (Å²) in [6.07, 6.45) is 3.03. The Morgan fingerprint density at radius 3 is 2.45 bits per heavy atom.